The van der Waals surface area contributed by atoms with E-state index in [1.54, 1.807) is 0 Å². The fourth-order valence-electron chi connectivity index (χ4n) is 1.58. The number of hydrogen-bond donors (Lipinski definition) is 2. The molecular weight excluding hydrogens is 154 g/mol. The average Bonchev–Trinajstić information content (AvgIpc) is 2.57. The van der Waals surface area contributed by atoms with Gasteiger partial charge in [-0.3, -0.25) is 0 Å². The lowest BCUT2D eigenvalue weighted by Crippen LogP contribution is -2.22. The van der Waals surface area contributed by atoms with E-state index >= 15 is 0 Å². The van der Waals surface area contributed by atoms with Crippen molar-refractivity contribution in [2.24, 2.45) is 5.92 Å². The lowest BCUT2D eigenvalue weighted by atomic mass is 10.1. The topological polar surface area (TPSA) is 43.7 Å². The van der Waals surface area contributed by atoms with E-state index in [9.17, 15) is 0 Å². The van der Waals surface area contributed by atoms with Crippen LogP contribution in [0.2, 0.25) is 0 Å². The fourth-order valence-corrected chi connectivity index (χ4v) is 1.58. The number of likely N-dealkylation sites (tertiary alicyclic amines) is 1. The number of aliphatic hydroxyl groups is 2. The molecule has 1 rings (SSSR count). The molecule has 12 heavy (non-hydrogen) atoms. The molecule has 1 fully saturated rings. The minimum Gasteiger partial charge on any atom is -0.400 e. The summed E-state index contributed by atoms with van der Waals surface area (Å²) in [5, 5.41) is 15.8. The predicted octanol–water partition coefficient (Wildman–Crippen LogP) is 0.319. The standard InChI is InChI=1S/C8H17NO.CH4O/c1-2-4-9-5-3-8(6-9)7-10;1-2/h8,10H,2-7H2,1H3;2H,1H3. The molecule has 1 aliphatic rings. The van der Waals surface area contributed by atoms with Gasteiger partial charge in [0.25, 0.3) is 0 Å². The first kappa shape index (κ1) is 11.9. The minimum atomic E-state index is 0.375. The van der Waals surface area contributed by atoms with Gasteiger partial charge in [0.05, 0.1) is 0 Å². The molecule has 0 saturated carbocycles. The van der Waals surface area contributed by atoms with E-state index in [1.165, 1.54) is 25.9 Å². The summed E-state index contributed by atoms with van der Waals surface area (Å²) >= 11 is 0. The molecule has 0 spiro atoms. The Labute approximate surface area is 75.0 Å². The highest BCUT2D eigenvalue weighted by Gasteiger charge is 2.20. The maximum absolute atomic E-state index is 8.83. The molecule has 0 aromatic heterocycles. The van der Waals surface area contributed by atoms with Gasteiger partial charge in [-0.05, 0) is 31.8 Å². The molecule has 0 amide bonds. The first-order chi connectivity index (χ1) is 5.86. The number of nitrogens with zero attached hydrogens (tertiary/aromatic N) is 1. The van der Waals surface area contributed by atoms with Crippen molar-refractivity contribution in [2.75, 3.05) is 33.4 Å². The van der Waals surface area contributed by atoms with Crippen LogP contribution < -0.4 is 0 Å². The second kappa shape index (κ2) is 7.53. The molecule has 0 radical (unpaired) electrons. The van der Waals surface area contributed by atoms with Crippen LogP contribution in [0.5, 0.6) is 0 Å². The lowest BCUT2D eigenvalue weighted by molar-refractivity contribution is 0.222. The lowest BCUT2D eigenvalue weighted by Gasteiger charge is -2.13. The monoisotopic (exact) mass is 175 g/mol. The van der Waals surface area contributed by atoms with E-state index in [0.717, 1.165) is 13.7 Å². The number of aliphatic hydroxyl groups excluding tert-OH is 2. The van der Waals surface area contributed by atoms with E-state index in [4.69, 9.17) is 10.2 Å². The first-order valence-electron chi connectivity index (χ1n) is 4.64. The summed E-state index contributed by atoms with van der Waals surface area (Å²) in [5.74, 6) is 0.562. The van der Waals surface area contributed by atoms with Crippen molar-refractivity contribution >= 4 is 0 Å². The molecular formula is C9H21NO2. The summed E-state index contributed by atoms with van der Waals surface area (Å²) in [6.07, 6.45) is 2.43. The highest BCUT2D eigenvalue weighted by Crippen LogP contribution is 2.14. The molecule has 0 aromatic rings. The summed E-state index contributed by atoms with van der Waals surface area (Å²) in [7, 11) is 1.00. The van der Waals surface area contributed by atoms with Crippen LogP contribution in [-0.2, 0) is 0 Å². The van der Waals surface area contributed by atoms with Crippen molar-refractivity contribution in [2.45, 2.75) is 19.8 Å². The summed E-state index contributed by atoms with van der Waals surface area (Å²) in [4.78, 5) is 2.43. The molecule has 3 heteroatoms. The Kier molecular flexibility index (Phi) is 7.45. The molecule has 74 valence electrons. The van der Waals surface area contributed by atoms with E-state index in [1.807, 2.05) is 0 Å². The summed E-state index contributed by atoms with van der Waals surface area (Å²) in [5.41, 5.74) is 0. The third kappa shape index (κ3) is 4.04. The Hall–Kier alpha value is -0.120. The zero-order chi connectivity index (χ0) is 9.40. The second-order valence-corrected chi connectivity index (χ2v) is 3.14. The molecule has 3 nitrogen and oxygen atoms in total. The smallest absolute Gasteiger partial charge is 0.0471 e. The molecule has 2 N–H and O–H groups in total. The third-order valence-electron chi connectivity index (χ3n) is 2.17. The molecule has 1 saturated heterocycles. The van der Waals surface area contributed by atoms with Gasteiger partial charge in [0.1, 0.15) is 0 Å². The van der Waals surface area contributed by atoms with Crippen LogP contribution in [-0.4, -0.2) is 48.5 Å². The SMILES string of the molecule is CCCN1CCC(CO)C1.CO. The van der Waals surface area contributed by atoms with Crippen molar-refractivity contribution in [3.63, 3.8) is 0 Å². The molecule has 1 unspecified atom stereocenters. The molecule has 0 aromatic carbocycles. The van der Waals surface area contributed by atoms with Gasteiger partial charge >= 0.3 is 0 Å². The van der Waals surface area contributed by atoms with E-state index in [2.05, 4.69) is 11.8 Å². The predicted molar refractivity (Wildman–Crippen MR) is 50.1 cm³/mol. The van der Waals surface area contributed by atoms with Crippen LogP contribution in [0.15, 0.2) is 0 Å². The Morgan fingerprint density at radius 2 is 2.08 bits per heavy atom. The average molecular weight is 175 g/mol. The Morgan fingerprint density at radius 1 is 1.42 bits per heavy atom. The fraction of sp³-hybridized carbons (Fsp3) is 1.00. The highest BCUT2D eigenvalue weighted by atomic mass is 16.3. The molecule has 1 aliphatic heterocycles. The van der Waals surface area contributed by atoms with E-state index in [0.29, 0.717) is 12.5 Å². The normalized spacial score (nSPS) is 23.5. The van der Waals surface area contributed by atoms with Crippen molar-refractivity contribution in [3.8, 4) is 0 Å². The first-order valence-corrected chi connectivity index (χ1v) is 4.64. The summed E-state index contributed by atoms with van der Waals surface area (Å²) < 4.78 is 0. The van der Waals surface area contributed by atoms with Gasteiger partial charge in [0.2, 0.25) is 0 Å². The van der Waals surface area contributed by atoms with Crippen LogP contribution in [0.4, 0.5) is 0 Å². The second-order valence-electron chi connectivity index (χ2n) is 3.14. The quantitative estimate of drug-likeness (QED) is 0.649. The third-order valence-corrected chi connectivity index (χ3v) is 2.17. The number of rotatable bonds is 3. The molecule has 1 heterocycles. The van der Waals surface area contributed by atoms with E-state index in [-0.39, 0.29) is 0 Å². The van der Waals surface area contributed by atoms with Gasteiger partial charge in [-0.15, -0.1) is 0 Å². The summed E-state index contributed by atoms with van der Waals surface area (Å²) in [6.45, 7) is 6.09. The van der Waals surface area contributed by atoms with Gasteiger partial charge < -0.3 is 15.1 Å². The largest absolute Gasteiger partial charge is 0.400 e. The summed E-state index contributed by atoms with van der Waals surface area (Å²) in [6, 6.07) is 0. The van der Waals surface area contributed by atoms with Crippen LogP contribution in [0.3, 0.4) is 0 Å². The van der Waals surface area contributed by atoms with Gasteiger partial charge in [0.15, 0.2) is 0 Å². The molecule has 0 bridgehead atoms. The van der Waals surface area contributed by atoms with Gasteiger partial charge in [-0.1, -0.05) is 6.92 Å². The Bertz CT molecular complexity index is 98.5. The highest BCUT2D eigenvalue weighted by molar-refractivity contribution is 4.73. The maximum atomic E-state index is 8.83. The van der Waals surface area contributed by atoms with Crippen LogP contribution >= 0.6 is 0 Å². The Balaban J connectivity index is 0.000000561. The van der Waals surface area contributed by atoms with Crippen molar-refractivity contribution < 1.29 is 10.2 Å². The van der Waals surface area contributed by atoms with Gasteiger partial charge in [0, 0.05) is 20.3 Å². The molecule has 0 aliphatic carbocycles. The molecule has 1 atom stereocenters. The minimum absolute atomic E-state index is 0.375. The van der Waals surface area contributed by atoms with Gasteiger partial charge in [-0.2, -0.15) is 0 Å². The Morgan fingerprint density at radius 3 is 2.50 bits per heavy atom. The van der Waals surface area contributed by atoms with Crippen molar-refractivity contribution in [1.29, 1.82) is 0 Å². The maximum Gasteiger partial charge on any atom is 0.0471 e. The van der Waals surface area contributed by atoms with Gasteiger partial charge in [-0.25, -0.2) is 0 Å². The van der Waals surface area contributed by atoms with Crippen molar-refractivity contribution in [1.82, 2.24) is 4.90 Å². The van der Waals surface area contributed by atoms with Crippen LogP contribution in [0.1, 0.15) is 19.8 Å². The van der Waals surface area contributed by atoms with E-state index < -0.39 is 0 Å². The zero-order valence-corrected chi connectivity index (χ0v) is 8.16. The zero-order valence-electron chi connectivity index (χ0n) is 8.16. The van der Waals surface area contributed by atoms with Crippen LogP contribution in [0.25, 0.3) is 0 Å². The number of hydrogen-bond acceptors (Lipinski definition) is 3. The van der Waals surface area contributed by atoms with Crippen molar-refractivity contribution in [3.05, 3.63) is 0 Å². The van der Waals surface area contributed by atoms with Crippen LogP contribution in [0, 0.1) is 5.92 Å².